The second kappa shape index (κ2) is 5.38. The maximum atomic E-state index is 12.4. The van der Waals surface area contributed by atoms with Gasteiger partial charge in [-0.3, -0.25) is 4.79 Å². The average Bonchev–Trinajstić information content (AvgIpc) is 3.23. The van der Waals surface area contributed by atoms with E-state index in [2.05, 4.69) is 79.5 Å². The number of anilines is 1. The van der Waals surface area contributed by atoms with E-state index in [-0.39, 0.29) is 17.4 Å². The summed E-state index contributed by atoms with van der Waals surface area (Å²) in [6.07, 6.45) is 5.49. The summed E-state index contributed by atoms with van der Waals surface area (Å²) in [5, 5.41) is 3.27. The van der Waals surface area contributed by atoms with Crippen molar-refractivity contribution >= 4 is 17.7 Å². The minimum absolute atomic E-state index is 0.0680. The maximum absolute atomic E-state index is 12.4. The van der Waals surface area contributed by atoms with Gasteiger partial charge >= 0.3 is 0 Å². The van der Waals surface area contributed by atoms with Crippen LogP contribution in [0, 0.1) is 0 Å². The van der Waals surface area contributed by atoms with Gasteiger partial charge < -0.3 is 15.0 Å². The molecule has 5 rings (SSSR count). The van der Waals surface area contributed by atoms with Gasteiger partial charge in [-0.05, 0) is 47.9 Å². The molecular formula is C23H24N2O2. The predicted octanol–water partition coefficient (Wildman–Crippen LogP) is 3.65. The molecule has 1 amide bonds. The Balaban J connectivity index is 1.57. The number of ether oxygens (including phenoxy) is 1. The maximum Gasteiger partial charge on any atom is 0.241 e. The topological polar surface area (TPSA) is 41.6 Å². The highest BCUT2D eigenvalue weighted by atomic mass is 16.5. The lowest BCUT2D eigenvalue weighted by molar-refractivity contribution is -0.118. The molecule has 1 N–H and O–H groups in total. The van der Waals surface area contributed by atoms with Crippen molar-refractivity contribution in [2.75, 3.05) is 11.4 Å². The zero-order valence-electron chi connectivity index (χ0n) is 16.0. The molecule has 3 aliphatic heterocycles. The third kappa shape index (κ3) is 2.19. The van der Waals surface area contributed by atoms with E-state index < -0.39 is 5.66 Å². The van der Waals surface area contributed by atoms with E-state index in [4.69, 9.17) is 4.74 Å². The van der Waals surface area contributed by atoms with Crippen LogP contribution in [0.15, 0.2) is 48.5 Å². The molecule has 0 bridgehead atoms. The van der Waals surface area contributed by atoms with Gasteiger partial charge in [0.15, 0.2) is 0 Å². The van der Waals surface area contributed by atoms with Gasteiger partial charge in [-0.25, -0.2) is 0 Å². The van der Waals surface area contributed by atoms with Gasteiger partial charge in [0, 0.05) is 17.5 Å². The summed E-state index contributed by atoms with van der Waals surface area (Å²) in [6.45, 7) is 6.90. The minimum Gasteiger partial charge on any atom is -0.490 e. The highest BCUT2D eigenvalue weighted by Gasteiger charge is 2.59. The molecule has 2 unspecified atom stereocenters. The van der Waals surface area contributed by atoms with E-state index in [0.29, 0.717) is 6.54 Å². The molecule has 0 radical (unpaired) electrons. The third-order valence-electron chi connectivity index (χ3n) is 6.32. The number of rotatable bonds is 2. The fraction of sp³-hybridized carbons (Fsp3) is 0.348. The zero-order chi connectivity index (χ0) is 18.8. The van der Waals surface area contributed by atoms with Gasteiger partial charge in [0.1, 0.15) is 17.5 Å². The quantitative estimate of drug-likeness (QED) is 0.889. The second-order valence-electron chi connectivity index (χ2n) is 8.38. The summed E-state index contributed by atoms with van der Waals surface area (Å²) in [6, 6.07) is 14.7. The molecular weight excluding hydrogens is 336 g/mol. The van der Waals surface area contributed by atoms with Crippen molar-refractivity contribution in [2.45, 2.75) is 44.4 Å². The fourth-order valence-corrected chi connectivity index (χ4v) is 4.90. The average molecular weight is 360 g/mol. The molecule has 1 fully saturated rings. The number of hydrogen-bond acceptors (Lipinski definition) is 3. The normalized spacial score (nSPS) is 27.3. The molecule has 4 nitrogen and oxygen atoms in total. The summed E-state index contributed by atoms with van der Waals surface area (Å²) < 4.78 is 5.81. The Labute approximate surface area is 159 Å². The Kier molecular flexibility index (Phi) is 3.27. The number of carbonyl (C=O) groups is 1. The van der Waals surface area contributed by atoms with Gasteiger partial charge in [-0.15, -0.1) is 0 Å². The first kappa shape index (κ1) is 16.4. The monoisotopic (exact) mass is 360 g/mol. The van der Waals surface area contributed by atoms with Gasteiger partial charge in [-0.1, -0.05) is 44.2 Å². The number of carbonyl (C=O) groups excluding carboxylic acids is 1. The number of nitrogens with one attached hydrogen (secondary N) is 1. The highest BCUT2D eigenvalue weighted by molar-refractivity contribution is 5.91. The summed E-state index contributed by atoms with van der Waals surface area (Å²) in [5.74, 6) is 1.06. The lowest BCUT2D eigenvalue weighted by atomic mass is 9.75. The Morgan fingerprint density at radius 2 is 2.04 bits per heavy atom. The van der Waals surface area contributed by atoms with E-state index in [1.807, 2.05) is 6.07 Å². The van der Waals surface area contributed by atoms with Crippen LogP contribution >= 0.6 is 0 Å². The molecule has 2 atom stereocenters. The van der Waals surface area contributed by atoms with Crippen molar-refractivity contribution in [3.63, 3.8) is 0 Å². The number of hydrogen-bond donors (Lipinski definition) is 1. The van der Waals surface area contributed by atoms with E-state index in [0.717, 1.165) is 23.4 Å². The van der Waals surface area contributed by atoms with Crippen molar-refractivity contribution in [1.29, 1.82) is 0 Å². The number of para-hydroxylation sites is 1. The molecule has 3 aliphatic rings. The van der Waals surface area contributed by atoms with Gasteiger partial charge in [0.2, 0.25) is 5.91 Å². The largest absolute Gasteiger partial charge is 0.490 e. The second-order valence-corrected chi connectivity index (χ2v) is 8.38. The van der Waals surface area contributed by atoms with Crippen LogP contribution in [0.5, 0.6) is 5.75 Å². The molecule has 4 heteroatoms. The van der Waals surface area contributed by atoms with Crippen LogP contribution in [0.3, 0.4) is 0 Å². The smallest absolute Gasteiger partial charge is 0.241 e. The van der Waals surface area contributed by atoms with E-state index >= 15 is 0 Å². The summed E-state index contributed by atoms with van der Waals surface area (Å²) in [5.41, 5.74) is 4.02. The van der Waals surface area contributed by atoms with Gasteiger partial charge in [0.05, 0.1) is 6.54 Å². The lowest BCUT2D eigenvalue weighted by Crippen LogP contribution is -2.58. The number of amides is 1. The molecule has 3 heterocycles. The zero-order valence-corrected chi connectivity index (χ0v) is 16.0. The standard InChI is InChI=1S/C23H24N2O2/c1-15-12-17-13-16(8-9-20(17)27-15)10-11-23-22(2,3)18-6-4-5-7-19(18)25(23)14-21(26)24-23/h4-11,13,15H,12,14H2,1-3H3,(H,24,26). The molecule has 27 heavy (non-hydrogen) atoms. The van der Waals surface area contributed by atoms with Crippen molar-refractivity contribution in [2.24, 2.45) is 0 Å². The summed E-state index contributed by atoms with van der Waals surface area (Å²) in [7, 11) is 0. The van der Waals surface area contributed by atoms with Crippen molar-refractivity contribution in [1.82, 2.24) is 5.32 Å². The minimum atomic E-state index is -0.545. The Morgan fingerprint density at radius 3 is 2.89 bits per heavy atom. The highest BCUT2D eigenvalue weighted by Crippen LogP contribution is 2.52. The summed E-state index contributed by atoms with van der Waals surface area (Å²) >= 11 is 0. The van der Waals surface area contributed by atoms with Crippen LogP contribution in [-0.2, 0) is 16.6 Å². The van der Waals surface area contributed by atoms with Crippen LogP contribution in [0.4, 0.5) is 5.69 Å². The van der Waals surface area contributed by atoms with Crippen LogP contribution in [0.2, 0.25) is 0 Å². The molecule has 0 aliphatic carbocycles. The van der Waals surface area contributed by atoms with E-state index in [1.165, 1.54) is 11.1 Å². The predicted molar refractivity (Wildman–Crippen MR) is 107 cm³/mol. The van der Waals surface area contributed by atoms with Gasteiger partial charge in [-0.2, -0.15) is 0 Å². The van der Waals surface area contributed by atoms with E-state index in [1.54, 1.807) is 0 Å². The van der Waals surface area contributed by atoms with Crippen LogP contribution < -0.4 is 15.0 Å². The molecule has 0 aromatic heterocycles. The van der Waals surface area contributed by atoms with Crippen molar-refractivity contribution in [3.8, 4) is 5.75 Å². The number of benzene rings is 2. The molecule has 138 valence electrons. The van der Waals surface area contributed by atoms with E-state index in [9.17, 15) is 4.79 Å². The Bertz CT molecular complexity index is 978. The first-order valence-corrected chi connectivity index (χ1v) is 9.58. The van der Waals surface area contributed by atoms with Crippen LogP contribution in [0.1, 0.15) is 37.5 Å². The Hall–Kier alpha value is -2.75. The molecule has 0 spiro atoms. The molecule has 1 saturated heterocycles. The fourth-order valence-electron chi connectivity index (χ4n) is 4.90. The SMILES string of the molecule is CC1Cc2cc(C=CC34NC(=O)CN3c3ccccc3C4(C)C)ccc2O1. The third-order valence-corrected chi connectivity index (χ3v) is 6.32. The molecule has 0 saturated carbocycles. The lowest BCUT2D eigenvalue weighted by Gasteiger charge is -2.40. The first-order chi connectivity index (χ1) is 12.9. The number of nitrogens with zero attached hydrogens (tertiary/aromatic N) is 1. The van der Waals surface area contributed by atoms with Crippen LogP contribution in [-0.4, -0.2) is 24.2 Å². The first-order valence-electron chi connectivity index (χ1n) is 9.58. The van der Waals surface area contributed by atoms with Crippen molar-refractivity contribution < 1.29 is 9.53 Å². The van der Waals surface area contributed by atoms with Gasteiger partial charge in [0.25, 0.3) is 0 Å². The molecule has 2 aromatic rings. The number of fused-ring (bicyclic) bond motifs is 4. The summed E-state index contributed by atoms with van der Waals surface area (Å²) in [4.78, 5) is 14.6. The molecule has 2 aromatic carbocycles. The Morgan fingerprint density at radius 1 is 1.22 bits per heavy atom. The van der Waals surface area contributed by atoms with Crippen LogP contribution in [0.25, 0.3) is 6.08 Å². The van der Waals surface area contributed by atoms with Crippen molar-refractivity contribution in [3.05, 3.63) is 65.2 Å².